The lowest BCUT2D eigenvalue weighted by atomic mass is 10.1. The third kappa shape index (κ3) is 6.84. The molecular weight excluding hydrogens is 532 g/mol. The highest BCUT2D eigenvalue weighted by molar-refractivity contribution is 6.30. The van der Waals surface area contributed by atoms with Crippen LogP contribution in [0.15, 0.2) is 36.4 Å². The average molecular weight is 559 g/mol. The molecule has 1 amide bonds. The SMILES string of the molecule is O=C(CCN1CCN(c2ccc(Cl)cc2F)CC1)N1CCC(Oc2ccc([N+](=O)[O-])c(C(F)(F)F)c2)CC1. The van der Waals surface area contributed by atoms with Gasteiger partial charge in [0.15, 0.2) is 0 Å². The largest absolute Gasteiger partial charge is 0.490 e. The summed E-state index contributed by atoms with van der Waals surface area (Å²) >= 11 is 5.83. The molecule has 0 saturated carbocycles. The molecule has 2 heterocycles. The molecule has 0 atom stereocenters. The molecule has 2 aromatic rings. The first-order chi connectivity index (χ1) is 18.0. The van der Waals surface area contributed by atoms with Crippen molar-refractivity contribution in [1.82, 2.24) is 9.80 Å². The molecule has 206 valence electrons. The fourth-order valence-corrected chi connectivity index (χ4v) is 4.91. The van der Waals surface area contributed by atoms with Gasteiger partial charge in [-0.15, -0.1) is 0 Å². The minimum absolute atomic E-state index is 0.00989. The van der Waals surface area contributed by atoms with E-state index >= 15 is 0 Å². The summed E-state index contributed by atoms with van der Waals surface area (Å²) in [6, 6.07) is 7.22. The minimum atomic E-state index is -4.88. The fourth-order valence-electron chi connectivity index (χ4n) is 4.75. The van der Waals surface area contributed by atoms with Crippen LogP contribution in [0.25, 0.3) is 0 Å². The van der Waals surface area contributed by atoms with Gasteiger partial charge in [-0.05, 0) is 30.3 Å². The molecule has 0 aliphatic carbocycles. The number of carbonyl (C=O) groups excluding carboxylic acids is 1. The lowest BCUT2D eigenvalue weighted by Crippen LogP contribution is -2.48. The first-order valence-electron chi connectivity index (χ1n) is 12.2. The third-order valence-corrected chi connectivity index (χ3v) is 7.07. The van der Waals surface area contributed by atoms with Crippen molar-refractivity contribution in [2.75, 3.05) is 50.7 Å². The number of nitrogens with zero attached hydrogens (tertiary/aromatic N) is 4. The number of piperidine rings is 1. The molecule has 0 N–H and O–H groups in total. The number of nitro groups is 1. The fraction of sp³-hybridized carbons (Fsp3) is 0.480. The lowest BCUT2D eigenvalue weighted by Gasteiger charge is -2.37. The highest BCUT2D eigenvalue weighted by Crippen LogP contribution is 2.38. The highest BCUT2D eigenvalue weighted by Gasteiger charge is 2.39. The van der Waals surface area contributed by atoms with E-state index in [1.54, 1.807) is 17.0 Å². The van der Waals surface area contributed by atoms with Gasteiger partial charge in [0, 0.05) is 76.2 Å². The van der Waals surface area contributed by atoms with Crippen LogP contribution in [0.3, 0.4) is 0 Å². The second-order valence-corrected chi connectivity index (χ2v) is 9.74. The summed E-state index contributed by atoms with van der Waals surface area (Å²) < 4.78 is 59.5. The molecule has 0 bridgehead atoms. The Morgan fingerprint density at radius 1 is 1.05 bits per heavy atom. The van der Waals surface area contributed by atoms with E-state index in [-0.39, 0.29) is 17.5 Å². The Kier molecular flexibility index (Phi) is 8.61. The number of anilines is 1. The Morgan fingerprint density at radius 2 is 1.74 bits per heavy atom. The van der Waals surface area contributed by atoms with Crippen LogP contribution in [0, 0.1) is 15.9 Å². The van der Waals surface area contributed by atoms with Crippen molar-refractivity contribution in [2.24, 2.45) is 0 Å². The number of nitro benzene ring substituents is 1. The molecule has 2 aromatic carbocycles. The van der Waals surface area contributed by atoms with E-state index in [2.05, 4.69) is 4.90 Å². The van der Waals surface area contributed by atoms with Crippen LogP contribution in [0.4, 0.5) is 28.9 Å². The second kappa shape index (κ2) is 11.7. The summed E-state index contributed by atoms with van der Waals surface area (Å²) in [5.41, 5.74) is -1.87. The molecule has 8 nitrogen and oxygen atoms in total. The predicted molar refractivity (Wildman–Crippen MR) is 133 cm³/mol. The number of halogens is 5. The zero-order chi connectivity index (χ0) is 27.4. The molecule has 2 aliphatic heterocycles. The van der Waals surface area contributed by atoms with E-state index in [0.717, 1.165) is 12.1 Å². The molecule has 2 aliphatic rings. The maximum absolute atomic E-state index is 14.2. The summed E-state index contributed by atoms with van der Waals surface area (Å²) in [4.78, 5) is 28.4. The number of hydrogen-bond acceptors (Lipinski definition) is 6. The molecule has 0 unspecified atom stereocenters. The zero-order valence-electron chi connectivity index (χ0n) is 20.4. The minimum Gasteiger partial charge on any atom is -0.490 e. The Morgan fingerprint density at radius 3 is 2.34 bits per heavy atom. The molecule has 0 radical (unpaired) electrons. The first kappa shape index (κ1) is 27.9. The van der Waals surface area contributed by atoms with Gasteiger partial charge in [0.1, 0.15) is 23.2 Å². The number of alkyl halides is 3. The van der Waals surface area contributed by atoms with E-state index in [1.165, 1.54) is 6.07 Å². The number of piperazine rings is 1. The molecule has 38 heavy (non-hydrogen) atoms. The number of ether oxygens (including phenoxy) is 1. The van der Waals surface area contributed by atoms with E-state index in [0.29, 0.717) is 81.9 Å². The van der Waals surface area contributed by atoms with E-state index in [4.69, 9.17) is 16.3 Å². The Bertz CT molecular complexity index is 1170. The number of rotatable bonds is 7. The number of likely N-dealkylation sites (tertiary alicyclic amines) is 1. The summed E-state index contributed by atoms with van der Waals surface area (Å²) in [6.45, 7) is 4.05. The molecule has 13 heteroatoms. The van der Waals surface area contributed by atoms with Crippen LogP contribution < -0.4 is 9.64 Å². The van der Waals surface area contributed by atoms with Crippen LogP contribution in [-0.2, 0) is 11.0 Å². The van der Waals surface area contributed by atoms with Gasteiger partial charge >= 0.3 is 6.18 Å². The Balaban J connectivity index is 1.21. The summed E-state index contributed by atoms with van der Waals surface area (Å²) in [5.74, 6) is -0.461. The topological polar surface area (TPSA) is 79.2 Å². The highest BCUT2D eigenvalue weighted by atomic mass is 35.5. The van der Waals surface area contributed by atoms with Crippen LogP contribution in [0.2, 0.25) is 5.02 Å². The monoisotopic (exact) mass is 558 g/mol. The summed E-state index contributed by atoms with van der Waals surface area (Å²) in [6.07, 6.45) is -4.07. The second-order valence-electron chi connectivity index (χ2n) is 9.31. The quantitative estimate of drug-likeness (QED) is 0.271. The zero-order valence-corrected chi connectivity index (χ0v) is 21.2. The standard InChI is InChI=1S/C25H27ClF4N4O4/c26-17-1-3-23(21(27)15-17)32-13-11-31(12-14-32)8-7-24(35)33-9-5-18(6-10-33)38-19-2-4-22(34(36)37)20(16-19)25(28,29)30/h1-4,15-16,18H,5-14H2. The Labute approximate surface area is 221 Å². The van der Waals surface area contributed by atoms with Gasteiger partial charge in [-0.3, -0.25) is 19.8 Å². The van der Waals surface area contributed by atoms with Crippen molar-refractivity contribution >= 4 is 28.9 Å². The third-order valence-electron chi connectivity index (χ3n) is 6.83. The van der Waals surface area contributed by atoms with Gasteiger partial charge < -0.3 is 14.5 Å². The smallest absolute Gasteiger partial charge is 0.423 e. The molecule has 2 fully saturated rings. The van der Waals surface area contributed by atoms with Gasteiger partial charge in [-0.2, -0.15) is 13.2 Å². The number of benzene rings is 2. The maximum atomic E-state index is 14.2. The average Bonchev–Trinajstić information content (AvgIpc) is 2.87. The van der Waals surface area contributed by atoms with Gasteiger partial charge in [0.05, 0.1) is 10.6 Å². The van der Waals surface area contributed by atoms with Gasteiger partial charge in [0.2, 0.25) is 5.91 Å². The van der Waals surface area contributed by atoms with E-state index in [9.17, 15) is 32.5 Å². The number of amides is 1. The van der Waals surface area contributed by atoms with E-state index in [1.807, 2.05) is 4.90 Å². The number of hydrogen-bond donors (Lipinski definition) is 0. The van der Waals surface area contributed by atoms with Gasteiger partial charge in [-0.1, -0.05) is 11.6 Å². The van der Waals surface area contributed by atoms with Crippen LogP contribution >= 0.6 is 11.6 Å². The van der Waals surface area contributed by atoms with Crippen molar-refractivity contribution in [2.45, 2.75) is 31.5 Å². The maximum Gasteiger partial charge on any atom is 0.423 e. The normalized spacial score (nSPS) is 17.5. The van der Waals surface area contributed by atoms with Crippen molar-refractivity contribution in [3.8, 4) is 5.75 Å². The Hall–Kier alpha value is -3.12. The lowest BCUT2D eigenvalue weighted by molar-refractivity contribution is -0.388. The van der Waals surface area contributed by atoms with Gasteiger partial charge in [-0.25, -0.2) is 4.39 Å². The molecule has 2 saturated heterocycles. The van der Waals surface area contributed by atoms with Gasteiger partial charge in [0.25, 0.3) is 5.69 Å². The van der Waals surface area contributed by atoms with Crippen molar-refractivity contribution in [1.29, 1.82) is 0 Å². The van der Waals surface area contributed by atoms with E-state index < -0.39 is 28.5 Å². The molecular formula is C25H27ClF4N4O4. The first-order valence-corrected chi connectivity index (χ1v) is 12.6. The van der Waals surface area contributed by atoms with Crippen LogP contribution in [0.1, 0.15) is 24.8 Å². The van der Waals surface area contributed by atoms with Crippen LogP contribution in [-0.4, -0.2) is 72.5 Å². The predicted octanol–water partition coefficient (Wildman–Crippen LogP) is 4.99. The molecule has 4 rings (SSSR count). The summed E-state index contributed by atoms with van der Waals surface area (Å²) in [7, 11) is 0. The van der Waals surface area contributed by atoms with Crippen molar-refractivity contribution in [3.63, 3.8) is 0 Å². The van der Waals surface area contributed by atoms with Crippen LogP contribution in [0.5, 0.6) is 5.75 Å². The van der Waals surface area contributed by atoms with Crippen molar-refractivity contribution in [3.05, 3.63) is 62.9 Å². The summed E-state index contributed by atoms with van der Waals surface area (Å²) in [5, 5.41) is 11.3. The molecule has 0 spiro atoms. The molecule has 0 aromatic heterocycles. The number of carbonyl (C=O) groups is 1. The van der Waals surface area contributed by atoms with Crippen molar-refractivity contribution < 1.29 is 32.0 Å².